The summed E-state index contributed by atoms with van der Waals surface area (Å²) in [7, 11) is 1.51. The number of nitrogens with one attached hydrogen (secondary N) is 1. The number of aromatic nitrogens is 2. The highest BCUT2D eigenvalue weighted by Crippen LogP contribution is 2.27. The lowest BCUT2D eigenvalue weighted by Gasteiger charge is -2.06. The van der Waals surface area contributed by atoms with Crippen molar-refractivity contribution >= 4 is 6.01 Å². The van der Waals surface area contributed by atoms with Crippen molar-refractivity contribution in [3.63, 3.8) is 0 Å². The zero-order chi connectivity index (χ0) is 17.6. The minimum atomic E-state index is 0.0856. The molecule has 0 aliphatic carbocycles. The number of aromatic hydroxyl groups is 1. The van der Waals surface area contributed by atoms with Gasteiger partial charge in [0, 0.05) is 12.1 Å². The molecule has 1 heterocycles. The van der Waals surface area contributed by atoms with Crippen LogP contribution < -0.4 is 14.8 Å². The van der Waals surface area contributed by atoms with E-state index in [0.717, 1.165) is 16.9 Å². The molecule has 25 heavy (non-hydrogen) atoms. The van der Waals surface area contributed by atoms with E-state index in [9.17, 15) is 5.11 Å². The van der Waals surface area contributed by atoms with Gasteiger partial charge in [0.25, 0.3) is 0 Å². The van der Waals surface area contributed by atoms with Gasteiger partial charge in [-0.2, -0.15) is 0 Å². The van der Waals surface area contributed by atoms with Crippen LogP contribution in [-0.4, -0.2) is 29.0 Å². The second-order valence-corrected chi connectivity index (χ2v) is 5.23. The molecule has 1 aromatic heterocycles. The van der Waals surface area contributed by atoms with Crippen LogP contribution in [0.1, 0.15) is 12.5 Å². The average molecular weight is 341 g/mol. The Morgan fingerprint density at radius 1 is 1.12 bits per heavy atom. The van der Waals surface area contributed by atoms with E-state index in [1.54, 1.807) is 12.1 Å². The highest BCUT2D eigenvalue weighted by molar-refractivity contribution is 5.55. The minimum absolute atomic E-state index is 0.0856. The molecule has 0 bridgehead atoms. The van der Waals surface area contributed by atoms with E-state index < -0.39 is 0 Å². The fourth-order valence-corrected chi connectivity index (χ4v) is 2.29. The molecule has 7 heteroatoms. The third kappa shape index (κ3) is 4.00. The minimum Gasteiger partial charge on any atom is -0.504 e. The molecule has 0 aliphatic rings. The molecule has 3 aromatic rings. The van der Waals surface area contributed by atoms with Gasteiger partial charge in [-0.05, 0) is 48.9 Å². The van der Waals surface area contributed by atoms with Crippen LogP contribution in [0, 0.1) is 0 Å². The Morgan fingerprint density at radius 2 is 1.92 bits per heavy atom. The zero-order valence-electron chi connectivity index (χ0n) is 14.0. The maximum Gasteiger partial charge on any atom is 0.316 e. The highest BCUT2D eigenvalue weighted by atomic mass is 16.5. The number of ether oxygens (including phenoxy) is 2. The van der Waals surface area contributed by atoms with Crippen molar-refractivity contribution < 1.29 is 19.0 Å². The van der Waals surface area contributed by atoms with Crippen molar-refractivity contribution in [3.05, 3.63) is 48.0 Å². The van der Waals surface area contributed by atoms with Crippen LogP contribution in [0.25, 0.3) is 11.5 Å². The molecule has 2 N–H and O–H groups in total. The molecule has 0 saturated carbocycles. The maximum absolute atomic E-state index is 9.79. The first-order valence-corrected chi connectivity index (χ1v) is 7.86. The number of hydrogen-bond acceptors (Lipinski definition) is 7. The Balaban J connectivity index is 1.64. The Kier molecular flexibility index (Phi) is 5.03. The van der Waals surface area contributed by atoms with Crippen LogP contribution in [0.3, 0.4) is 0 Å². The zero-order valence-corrected chi connectivity index (χ0v) is 14.0. The van der Waals surface area contributed by atoms with E-state index in [1.807, 2.05) is 37.3 Å². The maximum atomic E-state index is 9.79. The molecular weight excluding hydrogens is 322 g/mol. The summed E-state index contributed by atoms with van der Waals surface area (Å²) in [6, 6.07) is 12.9. The lowest BCUT2D eigenvalue weighted by Crippen LogP contribution is -1.99. The van der Waals surface area contributed by atoms with Crippen molar-refractivity contribution in [1.82, 2.24) is 10.2 Å². The highest BCUT2D eigenvalue weighted by Gasteiger charge is 2.09. The summed E-state index contributed by atoms with van der Waals surface area (Å²) in [5.74, 6) is 1.73. The van der Waals surface area contributed by atoms with Crippen LogP contribution in [0.15, 0.2) is 46.9 Å². The summed E-state index contributed by atoms with van der Waals surface area (Å²) in [6.07, 6.45) is 0. The molecule has 3 rings (SSSR count). The smallest absolute Gasteiger partial charge is 0.316 e. The lowest BCUT2D eigenvalue weighted by molar-refractivity contribution is 0.340. The summed E-state index contributed by atoms with van der Waals surface area (Å²) in [5, 5.41) is 20.8. The summed E-state index contributed by atoms with van der Waals surface area (Å²) in [5.41, 5.74) is 1.67. The summed E-state index contributed by atoms with van der Waals surface area (Å²) >= 11 is 0. The molecule has 130 valence electrons. The Labute approximate surface area is 145 Å². The van der Waals surface area contributed by atoms with Gasteiger partial charge in [-0.25, -0.2) is 0 Å². The van der Waals surface area contributed by atoms with Gasteiger partial charge >= 0.3 is 6.01 Å². The molecule has 0 fully saturated rings. The number of anilines is 1. The van der Waals surface area contributed by atoms with Crippen LogP contribution in [0.2, 0.25) is 0 Å². The average Bonchev–Trinajstić information content (AvgIpc) is 3.10. The van der Waals surface area contributed by atoms with Gasteiger partial charge in [-0.15, -0.1) is 5.10 Å². The number of phenols is 1. The van der Waals surface area contributed by atoms with E-state index in [-0.39, 0.29) is 5.75 Å². The van der Waals surface area contributed by atoms with Gasteiger partial charge < -0.3 is 24.3 Å². The van der Waals surface area contributed by atoms with E-state index in [4.69, 9.17) is 13.9 Å². The predicted octanol–water partition coefficient (Wildman–Crippen LogP) is 3.46. The van der Waals surface area contributed by atoms with Gasteiger partial charge in [0.15, 0.2) is 11.5 Å². The first-order chi connectivity index (χ1) is 12.2. The van der Waals surface area contributed by atoms with Crippen LogP contribution in [0.5, 0.6) is 17.2 Å². The fraction of sp³-hybridized carbons (Fsp3) is 0.222. The number of phenolic OH excluding ortho intramolecular Hbond substituents is 1. The monoisotopic (exact) mass is 341 g/mol. The molecule has 0 atom stereocenters. The number of nitrogens with zero attached hydrogens (tertiary/aromatic N) is 2. The Hall–Kier alpha value is -3.22. The van der Waals surface area contributed by atoms with Crippen LogP contribution in [0.4, 0.5) is 6.01 Å². The molecule has 0 radical (unpaired) electrons. The molecule has 2 aromatic carbocycles. The summed E-state index contributed by atoms with van der Waals surface area (Å²) in [6.45, 7) is 2.99. The SMILES string of the molecule is CCOc1ccc(-c2nnc(NCc3ccc(OC)c(O)c3)o2)cc1. The molecule has 7 nitrogen and oxygen atoms in total. The van der Waals surface area contributed by atoms with Crippen LogP contribution in [-0.2, 0) is 6.54 Å². The van der Waals surface area contributed by atoms with Crippen molar-refractivity contribution in [2.45, 2.75) is 13.5 Å². The van der Waals surface area contributed by atoms with Gasteiger partial charge in [-0.1, -0.05) is 11.2 Å². The predicted molar refractivity (Wildman–Crippen MR) is 92.9 cm³/mol. The second kappa shape index (κ2) is 7.57. The Bertz CT molecular complexity index is 831. The van der Waals surface area contributed by atoms with Crippen molar-refractivity contribution in [1.29, 1.82) is 0 Å². The molecule has 0 aliphatic heterocycles. The normalized spacial score (nSPS) is 10.5. The number of benzene rings is 2. The summed E-state index contributed by atoms with van der Waals surface area (Å²) in [4.78, 5) is 0. The first kappa shape index (κ1) is 16.6. The van der Waals surface area contributed by atoms with Gasteiger partial charge in [-0.3, -0.25) is 0 Å². The van der Waals surface area contributed by atoms with Crippen molar-refractivity contribution in [2.75, 3.05) is 19.0 Å². The third-order valence-corrected chi connectivity index (χ3v) is 3.52. The van der Waals surface area contributed by atoms with E-state index in [1.165, 1.54) is 7.11 Å². The molecular formula is C18H19N3O4. The van der Waals surface area contributed by atoms with E-state index in [0.29, 0.717) is 30.8 Å². The molecule has 0 unspecified atom stereocenters. The number of rotatable bonds is 7. The largest absolute Gasteiger partial charge is 0.504 e. The molecule has 0 amide bonds. The van der Waals surface area contributed by atoms with Crippen molar-refractivity contribution in [3.8, 4) is 28.7 Å². The van der Waals surface area contributed by atoms with Gasteiger partial charge in [0.2, 0.25) is 5.89 Å². The van der Waals surface area contributed by atoms with Gasteiger partial charge in [0.1, 0.15) is 5.75 Å². The van der Waals surface area contributed by atoms with Gasteiger partial charge in [0.05, 0.1) is 13.7 Å². The fourth-order valence-electron chi connectivity index (χ4n) is 2.29. The first-order valence-electron chi connectivity index (χ1n) is 7.86. The third-order valence-electron chi connectivity index (χ3n) is 3.52. The van der Waals surface area contributed by atoms with Crippen LogP contribution >= 0.6 is 0 Å². The van der Waals surface area contributed by atoms with Crippen molar-refractivity contribution in [2.24, 2.45) is 0 Å². The number of methoxy groups -OCH3 is 1. The Morgan fingerprint density at radius 3 is 2.60 bits per heavy atom. The standard InChI is InChI=1S/C18H19N3O4/c1-3-24-14-7-5-13(6-8-14)17-20-21-18(25-17)19-11-12-4-9-16(23-2)15(22)10-12/h4-10,22H,3,11H2,1-2H3,(H,19,21). The lowest BCUT2D eigenvalue weighted by atomic mass is 10.2. The van der Waals surface area contributed by atoms with E-state index in [2.05, 4.69) is 15.5 Å². The van der Waals surface area contributed by atoms with E-state index >= 15 is 0 Å². The topological polar surface area (TPSA) is 89.6 Å². The summed E-state index contributed by atoms with van der Waals surface area (Å²) < 4.78 is 16.0. The number of hydrogen-bond donors (Lipinski definition) is 2. The second-order valence-electron chi connectivity index (χ2n) is 5.23. The molecule has 0 spiro atoms. The molecule has 0 saturated heterocycles. The quantitative estimate of drug-likeness (QED) is 0.680.